The highest BCUT2D eigenvalue weighted by Gasteiger charge is 2.16. The molecule has 0 radical (unpaired) electrons. The first kappa shape index (κ1) is 10.9. The lowest BCUT2D eigenvalue weighted by molar-refractivity contribution is -0.109. The van der Waals surface area contributed by atoms with Crippen molar-refractivity contribution in [3.8, 4) is 5.75 Å². The van der Waals surface area contributed by atoms with Gasteiger partial charge >= 0.3 is 6.72 Å². The Morgan fingerprint density at radius 2 is 1.92 bits per heavy atom. The van der Waals surface area contributed by atoms with Crippen molar-refractivity contribution in [2.45, 2.75) is 0 Å². The Kier molecular flexibility index (Phi) is 4.12. The Balaban J connectivity index is 2.49. The van der Waals surface area contributed by atoms with Gasteiger partial charge in [-0.05, 0) is 23.9 Å². The Hall–Kier alpha value is -0.160. The van der Waals surface area contributed by atoms with E-state index >= 15 is 0 Å². The van der Waals surface area contributed by atoms with E-state index in [4.69, 9.17) is 16.8 Å². The average Bonchev–Trinajstić information content (AvgIpc) is 2.17. The third-order valence-corrected chi connectivity index (χ3v) is 2.71. The van der Waals surface area contributed by atoms with Crippen LogP contribution in [0.1, 0.15) is 0 Å². The van der Waals surface area contributed by atoms with Crippen LogP contribution in [-0.4, -0.2) is 4.89 Å². The molecule has 0 saturated heterocycles. The Morgan fingerprint density at radius 3 is 2.46 bits per heavy atom. The van der Waals surface area contributed by atoms with E-state index in [2.05, 4.69) is 25.4 Å². The molecule has 13 heavy (non-hydrogen) atoms. The van der Waals surface area contributed by atoms with Crippen molar-refractivity contribution in [1.82, 2.24) is 0 Å². The summed E-state index contributed by atoms with van der Waals surface area (Å²) >= 11 is 9.26. The maximum atomic E-state index is 9.01. The molecule has 0 saturated carbocycles. The van der Waals surface area contributed by atoms with Crippen LogP contribution in [0, 0.1) is 0 Å². The number of hydrogen-bond acceptors (Lipinski definition) is 4. The average molecular weight is 241 g/mol. The van der Waals surface area contributed by atoms with E-state index in [1.165, 1.54) is 0 Å². The highest BCUT2D eigenvalue weighted by Crippen LogP contribution is 2.45. The lowest BCUT2D eigenvalue weighted by Gasteiger charge is -2.09. The van der Waals surface area contributed by atoms with Crippen LogP contribution in [-0.2, 0) is 20.6 Å². The van der Waals surface area contributed by atoms with E-state index < -0.39 is 6.72 Å². The molecule has 7 heteroatoms. The van der Waals surface area contributed by atoms with Crippen LogP contribution in [0.2, 0.25) is 0 Å². The van der Waals surface area contributed by atoms with Crippen molar-refractivity contribution in [3.05, 3.63) is 30.3 Å². The summed E-state index contributed by atoms with van der Waals surface area (Å²) in [4.78, 5) is 13.7. The fraction of sp³-hybridized carbons (Fsp3) is 0. The maximum Gasteiger partial charge on any atom is 0.380 e. The quantitative estimate of drug-likeness (QED) is 0.497. The second-order valence-electron chi connectivity index (χ2n) is 2.01. The van der Waals surface area contributed by atoms with E-state index in [0.29, 0.717) is 5.75 Å². The molecule has 0 amide bonds. The van der Waals surface area contributed by atoms with Crippen molar-refractivity contribution < 1.29 is 18.5 Å². The lowest BCUT2D eigenvalue weighted by atomic mass is 10.3. The van der Waals surface area contributed by atoms with Gasteiger partial charge in [-0.15, -0.1) is 0 Å². The summed E-state index contributed by atoms with van der Waals surface area (Å²) in [7, 11) is 0. The monoisotopic (exact) mass is 240 g/mol. The number of para-hydroxylation sites is 1. The van der Waals surface area contributed by atoms with E-state index in [1.54, 1.807) is 30.3 Å². The summed E-state index contributed by atoms with van der Waals surface area (Å²) < 4.78 is 8.36. The molecule has 1 N–H and O–H groups in total. The summed E-state index contributed by atoms with van der Waals surface area (Å²) in [6.45, 7) is -3.46. The molecule has 1 rings (SSSR count). The minimum absolute atomic E-state index is 0.402. The number of halogens is 1. The molecule has 0 fully saturated rings. The zero-order valence-electron chi connectivity index (χ0n) is 6.29. The van der Waals surface area contributed by atoms with Crippen LogP contribution in [0.15, 0.2) is 30.3 Å². The molecule has 1 atom stereocenters. The van der Waals surface area contributed by atoms with Gasteiger partial charge in [-0.3, -0.25) is 0 Å². The molecule has 1 aromatic carbocycles. The SMILES string of the molecule is OP(=S)(OCl)OOc1ccccc1. The van der Waals surface area contributed by atoms with Crippen molar-refractivity contribution >= 4 is 30.4 Å². The zero-order valence-corrected chi connectivity index (χ0v) is 8.76. The highest BCUT2D eigenvalue weighted by molar-refractivity contribution is 8.07. The molecule has 0 spiro atoms. The normalized spacial score (nSPS) is 14.9. The van der Waals surface area contributed by atoms with Crippen LogP contribution < -0.4 is 4.89 Å². The third-order valence-electron chi connectivity index (χ3n) is 1.06. The second kappa shape index (κ2) is 4.91. The Bertz CT molecular complexity index is 307. The van der Waals surface area contributed by atoms with Gasteiger partial charge in [0.1, 0.15) is 0 Å². The highest BCUT2D eigenvalue weighted by atomic mass is 35.5. The van der Waals surface area contributed by atoms with Gasteiger partial charge in [0.05, 0.1) is 11.9 Å². The van der Waals surface area contributed by atoms with E-state index in [9.17, 15) is 0 Å². The van der Waals surface area contributed by atoms with Crippen LogP contribution in [0.4, 0.5) is 0 Å². The van der Waals surface area contributed by atoms with Gasteiger partial charge in [0, 0.05) is 0 Å². The van der Waals surface area contributed by atoms with Gasteiger partial charge < -0.3 is 9.78 Å². The molecule has 0 aromatic heterocycles. The lowest BCUT2D eigenvalue weighted by Crippen LogP contribution is -1.94. The summed E-state index contributed by atoms with van der Waals surface area (Å²) in [5.74, 6) is 0.402. The van der Waals surface area contributed by atoms with Gasteiger partial charge in [-0.25, -0.2) is 0 Å². The summed E-state index contributed by atoms with van der Waals surface area (Å²) in [5, 5.41) is 0. The minimum Gasteiger partial charge on any atom is -0.329 e. The summed E-state index contributed by atoms with van der Waals surface area (Å²) in [6, 6.07) is 8.54. The number of rotatable bonds is 4. The van der Waals surface area contributed by atoms with Crippen molar-refractivity contribution in [1.29, 1.82) is 0 Å². The first-order valence-corrected chi connectivity index (χ1v) is 6.08. The van der Waals surface area contributed by atoms with E-state index in [0.717, 1.165) is 0 Å². The van der Waals surface area contributed by atoms with Crippen LogP contribution in [0.25, 0.3) is 0 Å². The standard InChI is InChI=1S/C6H6ClO4PS/c7-10-12(8,13)11-9-6-4-2-1-3-5-6/h1-5H,(H,8,13). The maximum absolute atomic E-state index is 9.01. The van der Waals surface area contributed by atoms with Crippen LogP contribution in [0.5, 0.6) is 5.75 Å². The number of benzene rings is 1. The van der Waals surface area contributed by atoms with Crippen molar-refractivity contribution in [3.63, 3.8) is 0 Å². The third kappa shape index (κ3) is 4.04. The molecular formula is C6H6ClO4PS. The molecule has 0 heterocycles. The molecule has 4 nitrogen and oxygen atoms in total. The Morgan fingerprint density at radius 1 is 1.31 bits per heavy atom. The van der Waals surface area contributed by atoms with Gasteiger partial charge in [-0.2, -0.15) is 4.08 Å². The topological polar surface area (TPSA) is 47.9 Å². The summed E-state index contributed by atoms with van der Waals surface area (Å²) in [6.07, 6.45) is 0. The first-order valence-electron chi connectivity index (χ1n) is 3.18. The predicted molar refractivity (Wildman–Crippen MR) is 51.6 cm³/mol. The molecule has 1 unspecified atom stereocenters. The Labute approximate surface area is 85.4 Å². The van der Waals surface area contributed by atoms with Gasteiger partial charge in [0.15, 0.2) is 5.75 Å². The summed E-state index contributed by atoms with van der Waals surface area (Å²) in [5.41, 5.74) is 0. The molecule has 0 bridgehead atoms. The zero-order chi connectivity index (χ0) is 9.73. The van der Waals surface area contributed by atoms with Crippen molar-refractivity contribution in [2.24, 2.45) is 0 Å². The predicted octanol–water partition coefficient (Wildman–Crippen LogP) is 2.38. The fourth-order valence-electron chi connectivity index (χ4n) is 0.578. The molecule has 1 aromatic rings. The molecule has 0 aliphatic heterocycles. The smallest absolute Gasteiger partial charge is 0.329 e. The van der Waals surface area contributed by atoms with Crippen LogP contribution in [0.3, 0.4) is 0 Å². The molecule has 72 valence electrons. The van der Waals surface area contributed by atoms with Gasteiger partial charge in [0.2, 0.25) is 0 Å². The molecule has 0 aliphatic rings. The molecule has 0 aliphatic carbocycles. The van der Waals surface area contributed by atoms with Gasteiger partial charge in [-0.1, -0.05) is 22.9 Å². The van der Waals surface area contributed by atoms with E-state index in [1.807, 2.05) is 0 Å². The molecular weight excluding hydrogens is 235 g/mol. The second-order valence-corrected chi connectivity index (χ2v) is 5.03. The van der Waals surface area contributed by atoms with Crippen molar-refractivity contribution in [2.75, 3.05) is 0 Å². The largest absolute Gasteiger partial charge is 0.380 e. The van der Waals surface area contributed by atoms with Crippen LogP contribution >= 0.6 is 18.6 Å². The first-order chi connectivity index (χ1) is 6.14. The minimum atomic E-state index is -3.46. The van der Waals surface area contributed by atoms with E-state index in [-0.39, 0.29) is 0 Å². The fourth-order valence-corrected chi connectivity index (χ4v) is 0.941. The van der Waals surface area contributed by atoms with Gasteiger partial charge in [0.25, 0.3) is 0 Å². The number of hydrogen-bond donors (Lipinski definition) is 1.